The lowest BCUT2D eigenvalue weighted by Crippen LogP contribution is -2.49. The fraction of sp³-hybridized carbons (Fsp3) is 0.700. The zero-order valence-electron chi connectivity index (χ0n) is 10.2. The van der Waals surface area contributed by atoms with E-state index in [9.17, 15) is 27.6 Å². The molecule has 6 nitrogen and oxygen atoms in total. The minimum absolute atomic E-state index is 0.102. The first kappa shape index (κ1) is 15.4. The number of alkyl halides is 3. The summed E-state index contributed by atoms with van der Waals surface area (Å²) in [5.74, 6) is -3.87. The molecular weight excluding hydrogens is 269 g/mol. The number of ether oxygens (including phenoxy) is 1. The van der Waals surface area contributed by atoms with Gasteiger partial charge in [0.25, 0.3) is 0 Å². The summed E-state index contributed by atoms with van der Waals surface area (Å²) in [6.45, 7) is 2.45. The van der Waals surface area contributed by atoms with Crippen LogP contribution in [0.15, 0.2) is 0 Å². The van der Waals surface area contributed by atoms with Crippen molar-refractivity contribution in [1.82, 2.24) is 9.80 Å². The zero-order chi connectivity index (χ0) is 14.6. The molecule has 1 saturated heterocycles. The molecule has 9 heteroatoms. The first-order valence-electron chi connectivity index (χ1n) is 5.50. The van der Waals surface area contributed by atoms with Crippen LogP contribution in [0.1, 0.15) is 6.92 Å². The molecule has 0 aliphatic carbocycles. The van der Waals surface area contributed by atoms with E-state index in [0.29, 0.717) is 26.2 Å². The van der Waals surface area contributed by atoms with Crippen LogP contribution in [0.5, 0.6) is 0 Å². The lowest BCUT2D eigenvalue weighted by molar-refractivity contribution is -0.202. The molecule has 0 atom stereocenters. The van der Waals surface area contributed by atoms with Crippen LogP contribution in [-0.2, 0) is 19.1 Å². The standard InChI is InChI=1S/C10H13F3N2O4/c1-7(16)15-4-2-14(3-5-15)6-8(17)19-9(18)10(11,12)13/h2-6H2,1H3. The summed E-state index contributed by atoms with van der Waals surface area (Å²) in [4.78, 5) is 35.6. The Morgan fingerprint density at radius 3 is 2.05 bits per heavy atom. The number of amides is 1. The average molecular weight is 282 g/mol. The van der Waals surface area contributed by atoms with E-state index in [1.54, 1.807) is 4.90 Å². The molecule has 0 N–H and O–H groups in total. The Kier molecular flexibility index (Phi) is 4.87. The number of carbonyl (C=O) groups is 3. The molecule has 1 aliphatic heterocycles. The van der Waals surface area contributed by atoms with Crippen LogP contribution in [0.3, 0.4) is 0 Å². The first-order valence-corrected chi connectivity index (χ1v) is 5.50. The number of carbonyl (C=O) groups excluding carboxylic acids is 3. The lowest BCUT2D eigenvalue weighted by Gasteiger charge is -2.33. The molecule has 108 valence electrons. The molecule has 0 spiro atoms. The monoisotopic (exact) mass is 282 g/mol. The predicted molar refractivity (Wildman–Crippen MR) is 55.8 cm³/mol. The molecule has 19 heavy (non-hydrogen) atoms. The molecule has 1 heterocycles. The summed E-state index contributed by atoms with van der Waals surface area (Å²) < 4.78 is 39.2. The smallest absolute Gasteiger partial charge is 0.385 e. The van der Waals surface area contributed by atoms with Crippen LogP contribution in [-0.4, -0.2) is 66.5 Å². The van der Waals surface area contributed by atoms with Crippen molar-refractivity contribution in [3.05, 3.63) is 0 Å². The third kappa shape index (κ3) is 4.86. The van der Waals surface area contributed by atoms with Gasteiger partial charge in [0.2, 0.25) is 5.91 Å². The third-order valence-electron chi connectivity index (χ3n) is 2.61. The van der Waals surface area contributed by atoms with E-state index in [0.717, 1.165) is 0 Å². The molecule has 1 fully saturated rings. The van der Waals surface area contributed by atoms with E-state index >= 15 is 0 Å². The summed E-state index contributed by atoms with van der Waals surface area (Å²) >= 11 is 0. The van der Waals surface area contributed by atoms with Crippen molar-refractivity contribution in [1.29, 1.82) is 0 Å². The number of hydrogen-bond donors (Lipinski definition) is 0. The maximum absolute atomic E-state index is 11.8. The van der Waals surface area contributed by atoms with Crippen molar-refractivity contribution in [3.8, 4) is 0 Å². The minimum Gasteiger partial charge on any atom is -0.385 e. The van der Waals surface area contributed by atoms with Gasteiger partial charge in [-0.3, -0.25) is 14.5 Å². The van der Waals surface area contributed by atoms with Gasteiger partial charge in [-0.2, -0.15) is 13.2 Å². The second-order valence-corrected chi connectivity index (χ2v) is 4.04. The molecule has 0 aromatic heterocycles. The van der Waals surface area contributed by atoms with Crippen molar-refractivity contribution in [2.75, 3.05) is 32.7 Å². The van der Waals surface area contributed by atoms with E-state index < -0.39 is 24.7 Å². The Hall–Kier alpha value is -1.64. The van der Waals surface area contributed by atoms with E-state index in [-0.39, 0.29) is 5.91 Å². The number of halogens is 3. The van der Waals surface area contributed by atoms with Crippen LogP contribution in [0.4, 0.5) is 13.2 Å². The third-order valence-corrected chi connectivity index (χ3v) is 2.61. The molecule has 0 aromatic carbocycles. The van der Waals surface area contributed by atoms with Gasteiger partial charge in [0.15, 0.2) is 0 Å². The molecule has 0 aromatic rings. The van der Waals surface area contributed by atoms with Gasteiger partial charge in [-0.15, -0.1) is 0 Å². The van der Waals surface area contributed by atoms with Crippen LogP contribution in [0.2, 0.25) is 0 Å². The minimum atomic E-state index is -5.18. The highest BCUT2D eigenvalue weighted by atomic mass is 19.4. The van der Waals surface area contributed by atoms with Gasteiger partial charge >= 0.3 is 18.1 Å². The van der Waals surface area contributed by atoms with Gasteiger partial charge in [0, 0.05) is 33.1 Å². The fourth-order valence-electron chi connectivity index (χ4n) is 1.60. The van der Waals surface area contributed by atoms with Gasteiger partial charge < -0.3 is 9.64 Å². The highest BCUT2D eigenvalue weighted by molar-refractivity contribution is 5.89. The van der Waals surface area contributed by atoms with Crippen LogP contribution in [0, 0.1) is 0 Å². The Balaban J connectivity index is 2.35. The average Bonchev–Trinajstić information content (AvgIpc) is 2.28. The van der Waals surface area contributed by atoms with Crippen molar-refractivity contribution in [2.24, 2.45) is 0 Å². The Labute approximate surface area is 107 Å². The van der Waals surface area contributed by atoms with Gasteiger partial charge in [0.1, 0.15) is 0 Å². The van der Waals surface area contributed by atoms with Crippen molar-refractivity contribution >= 4 is 17.8 Å². The van der Waals surface area contributed by atoms with Gasteiger partial charge in [0.05, 0.1) is 6.54 Å². The maximum Gasteiger partial charge on any atom is 0.491 e. The molecule has 0 radical (unpaired) electrons. The number of rotatable bonds is 2. The van der Waals surface area contributed by atoms with Crippen LogP contribution >= 0.6 is 0 Å². The maximum atomic E-state index is 11.8. The molecule has 1 rings (SSSR count). The van der Waals surface area contributed by atoms with Crippen LogP contribution < -0.4 is 0 Å². The largest absolute Gasteiger partial charge is 0.491 e. The second kappa shape index (κ2) is 6.00. The summed E-state index contributed by atoms with van der Waals surface area (Å²) in [6, 6.07) is 0. The number of nitrogens with zero attached hydrogens (tertiary/aromatic N) is 2. The summed E-state index contributed by atoms with van der Waals surface area (Å²) in [7, 11) is 0. The fourth-order valence-corrected chi connectivity index (χ4v) is 1.60. The predicted octanol–water partition coefficient (Wildman–Crippen LogP) is -0.217. The van der Waals surface area contributed by atoms with Crippen molar-refractivity contribution in [3.63, 3.8) is 0 Å². The highest BCUT2D eigenvalue weighted by Gasteiger charge is 2.42. The Morgan fingerprint density at radius 2 is 1.63 bits per heavy atom. The number of piperazine rings is 1. The summed E-state index contributed by atoms with van der Waals surface area (Å²) in [5, 5.41) is 0. The van der Waals surface area contributed by atoms with Crippen molar-refractivity contribution < 1.29 is 32.3 Å². The molecule has 1 amide bonds. The Morgan fingerprint density at radius 1 is 1.11 bits per heavy atom. The summed E-state index contributed by atoms with van der Waals surface area (Å²) in [5.41, 5.74) is 0. The van der Waals surface area contributed by atoms with E-state index in [1.807, 2.05) is 0 Å². The van der Waals surface area contributed by atoms with Crippen molar-refractivity contribution in [2.45, 2.75) is 13.1 Å². The molecule has 0 unspecified atom stereocenters. The number of hydrogen-bond acceptors (Lipinski definition) is 5. The van der Waals surface area contributed by atoms with Gasteiger partial charge in [-0.05, 0) is 0 Å². The SMILES string of the molecule is CC(=O)N1CCN(CC(=O)OC(=O)C(F)(F)F)CC1. The molecule has 1 aliphatic rings. The highest BCUT2D eigenvalue weighted by Crippen LogP contribution is 2.16. The second-order valence-electron chi connectivity index (χ2n) is 4.04. The topological polar surface area (TPSA) is 66.9 Å². The molecular formula is C10H13F3N2O4. The first-order chi connectivity index (χ1) is 8.70. The lowest BCUT2D eigenvalue weighted by atomic mass is 10.3. The normalized spacial score (nSPS) is 17.2. The molecule has 0 bridgehead atoms. The van der Waals surface area contributed by atoms with Crippen LogP contribution in [0.25, 0.3) is 0 Å². The summed E-state index contributed by atoms with van der Waals surface area (Å²) in [6.07, 6.45) is -5.18. The van der Waals surface area contributed by atoms with Gasteiger partial charge in [-0.1, -0.05) is 0 Å². The molecule has 0 saturated carbocycles. The Bertz CT molecular complexity index is 375. The number of esters is 2. The van der Waals surface area contributed by atoms with Gasteiger partial charge in [-0.25, -0.2) is 4.79 Å². The van der Waals surface area contributed by atoms with E-state index in [1.165, 1.54) is 11.8 Å². The quantitative estimate of drug-likeness (QED) is 0.517. The zero-order valence-corrected chi connectivity index (χ0v) is 10.2. The van der Waals surface area contributed by atoms with E-state index in [2.05, 4.69) is 4.74 Å². The van der Waals surface area contributed by atoms with E-state index in [4.69, 9.17) is 0 Å².